The van der Waals surface area contributed by atoms with Crippen LogP contribution in [0.15, 0.2) is 9.85 Å². The van der Waals surface area contributed by atoms with Crippen LogP contribution in [0.3, 0.4) is 0 Å². The first kappa shape index (κ1) is 13.7. The van der Waals surface area contributed by atoms with Gasteiger partial charge in [-0.2, -0.15) is 4.98 Å². The normalized spacial score (nSPS) is 25.3. The Morgan fingerprint density at radius 1 is 1.43 bits per heavy atom. The molecule has 0 aromatic carbocycles. The predicted molar refractivity (Wildman–Crippen MR) is 88.9 cm³/mol. The second-order valence-electron chi connectivity index (χ2n) is 5.92. The van der Waals surface area contributed by atoms with Gasteiger partial charge in [-0.1, -0.05) is 0 Å². The van der Waals surface area contributed by atoms with Crippen molar-refractivity contribution in [3.8, 4) is 10.7 Å². The molecule has 0 amide bonds. The number of aromatic amines is 1. The Morgan fingerprint density at radius 3 is 3.10 bits per heavy atom. The minimum atomic E-state index is 0.610. The van der Waals surface area contributed by atoms with Crippen LogP contribution in [0.1, 0.15) is 18.4 Å². The van der Waals surface area contributed by atoms with Crippen molar-refractivity contribution < 1.29 is 0 Å². The van der Waals surface area contributed by atoms with Gasteiger partial charge in [0.1, 0.15) is 0 Å². The lowest BCUT2D eigenvalue weighted by Crippen LogP contribution is -2.40. The summed E-state index contributed by atoms with van der Waals surface area (Å²) in [6.45, 7) is 5.34. The van der Waals surface area contributed by atoms with Gasteiger partial charge in [-0.25, -0.2) is 0 Å². The Morgan fingerprint density at radius 2 is 2.33 bits per heavy atom. The largest absolute Gasteiger partial charge is 0.338 e. The summed E-state index contributed by atoms with van der Waals surface area (Å²) in [5.74, 6) is 2.45. The van der Waals surface area contributed by atoms with Gasteiger partial charge in [0.15, 0.2) is 5.82 Å². The third kappa shape index (κ3) is 2.51. The number of fused-ring (bicyclic) bond motifs is 1. The number of anilines is 1. The molecule has 2 aliphatic heterocycles. The first-order valence-corrected chi connectivity index (χ1v) is 8.98. The highest BCUT2D eigenvalue weighted by Crippen LogP contribution is 2.34. The predicted octanol–water partition coefficient (Wildman–Crippen LogP) is 2.79. The van der Waals surface area contributed by atoms with E-state index in [0.717, 1.165) is 46.0 Å². The maximum Gasteiger partial charge on any atom is 0.245 e. The number of nitrogens with zero attached hydrogens (tertiary/aromatic N) is 3. The van der Waals surface area contributed by atoms with Crippen LogP contribution in [0.5, 0.6) is 0 Å². The van der Waals surface area contributed by atoms with E-state index in [-0.39, 0.29) is 0 Å². The molecule has 2 saturated heterocycles. The van der Waals surface area contributed by atoms with Crippen molar-refractivity contribution in [2.24, 2.45) is 5.92 Å². The average molecular weight is 368 g/mol. The van der Waals surface area contributed by atoms with Gasteiger partial charge in [-0.15, -0.1) is 16.4 Å². The summed E-state index contributed by atoms with van der Waals surface area (Å²) in [5, 5.41) is 11.1. The van der Waals surface area contributed by atoms with E-state index >= 15 is 0 Å². The molecule has 0 saturated carbocycles. The fraction of sp³-hybridized carbons (Fsp3) is 0.571. The third-order valence-electron chi connectivity index (χ3n) is 4.45. The highest BCUT2D eigenvalue weighted by Gasteiger charge is 2.35. The first-order chi connectivity index (χ1) is 10.2. The third-order valence-corrected chi connectivity index (χ3v) is 6.59. The zero-order valence-electron chi connectivity index (χ0n) is 11.9. The number of hydrogen-bond acceptors (Lipinski definition) is 5. The Bertz CT molecular complexity index is 618. The fourth-order valence-corrected chi connectivity index (χ4v) is 4.77. The molecule has 2 unspecified atom stereocenters. The van der Waals surface area contributed by atoms with E-state index in [0.29, 0.717) is 6.04 Å². The molecule has 2 N–H and O–H groups in total. The van der Waals surface area contributed by atoms with Crippen molar-refractivity contribution >= 4 is 33.2 Å². The summed E-state index contributed by atoms with van der Waals surface area (Å²) in [5.41, 5.74) is 1.24. The summed E-state index contributed by atoms with van der Waals surface area (Å²) in [7, 11) is 0. The van der Waals surface area contributed by atoms with Crippen molar-refractivity contribution in [3.05, 3.63) is 15.4 Å². The second-order valence-corrected chi connectivity index (χ2v) is 8.29. The second kappa shape index (κ2) is 5.37. The number of aromatic nitrogens is 3. The number of thiophene rings is 1. The molecule has 0 radical (unpaired) electrons. The van der Waals surface area contributed by atoms with Crippen LogP contribution in [0.25, 0.3) is 10.7 Å². The smallest absolute Gasteiger partial charge is 0.245 e. The molecule has 7 heteroatoms. The molecule has 2 atom stereocenters. The van der Waals surface area contributed by atoms with Crippen LogP contribution in [-0.2, 0) is 0 Å². The summed E-state index contributed by atoms with van der Waals surface area (Å²) in [6.07, 6.45) is 2.61. The average Bonchev–Trinajstić information content (AvgIpc) is 3.17. The SMILES string of the molecule is Cc1cc(-c2nc(N3CC4CCCNC4C3)n[nH]2)sc1Br. The zero-order valence-corrected chi connectivity index (χ0v) is 14.3. The Hall–Kier alpha value is -0.920. The van der Waals surface area contributed by atoms with E-state index in [2.05, 4.69) is 49.3 Å². The molecule has 0 spiro atoms. The molecule has 0 bridgehead atoms. The van der Waals surface area contributed by atoms with Gasteiger partial charge in [0, 0.05) is 19.1 Å². The summed E-state index contributed by atoms with van der Waals surface area (Å²) in [6, 6.07) is 2.75. The zero-order chi connectivity index (χ0) is 14.4. The molecule has 2 fully saturated rings. The van der Waals surface area contributed by atoms with Gasteiger partial charge in [-0.05, 0) is 59.8 Å². The maximum atomic E-state index is 4.70. The quantitative estimate of drug-likeness (QED) is 0.856. The van der Waals surface area contributed by atoms with E-state index in [4.69, 9.17) is 4.98 Å². The number of piperidine rings is 1. The van der Waals surface area contributed by atoms with Crippen molar-refractivity contribution in [3.63, 3.8) is 0 Å². The topological polar surface area (TPSA) is 56.8 Å². The molecular weight excluding hydrogens is 350 g/mol. The van der Waals surface area contributed by atoms with Crippen LogP contribution in [-0.4, -0.2) is 40.9 Å². The number of rotatable bonds is 2. The van der Waals surface area contributed by atoms with Gasteiger partial charge >= 0.3 is 0 Å². The Kier molecular flexibility index (Phi) is 3.51. The minimum absolute atomic E-state index is 0.610. The Balaban J connectivity index is 1.54. The van der Waals surface area contributed by atoms with Gasteiger partial charge in [0.05, 0.1) is 8.66 Å². The molecule has 2 aromatic heterocycles. The minimum Gasteiger partial charge on any atom is -0.338 e. The molecule has 2 aliphatic rings. The molecule has 4 heterocycles. The number of nitrogens with one attached hydrogen (secondary N) is 2. The van der Waals surface area contributed by atoms with Crippen molar-refractivity contribution in [1.82, 2.24) is 20.5 Å². The molecule has 2 aromatic rings. The molecule has 21 heavy (non-hydrogen) atoms. The van der Waals surface area contributed by atoms with E-state index in [9.17, 15) is 0 Å². The van der Waals surface area contributed by atoms with Crippen molar-refractivity contribution in [2.45, 2.75) is 25.8 Å². The number of H-pyrrole nitrogens is 1. The van der Waals surface area contributed by atoms with Crippen LogP contribution in [0.2, 0.25) is 0 Å². The van der Waals surface area contributed by atoms with Crippen molar-refractivity contribution in [1.29, 1.82) is 0 Å². The fourth-order valence-electron chi connectivity index (χ4n) is 3.29. The van der Waals surface area contributed by atoms with Crippen LogP contribution in [0, 0.1) is 12.8 Å². The standard InChI is InChI=1S/C14H18BrN5S/c1-8-5-11(21-12(8)15)13-17-14(19-18-13)20-6-9-3-2-4-16-10(9)7-20/h5,9-10,16H,2-4,6-7H2,1H3,(H,17,18,19). The molecule has 0 aliphatic carbocycles. The molecular formula is C14H18BrN5S. The van der Waals surface area contributed by atoms with E-state index in [1.165, 1.54) is 18.4 Å². The van der Waals surface area contributed by atoms with E-state index in [1.807, 2.05) is 0 Å². The van der Waals surface area contributed by atoms with Gasteiger partial charge < -0.3 is 10.2 Å². The summed E-state index contributed by atoms with van der Waals surface area (Å²) >= 11 is 5.26. The monoisotopic (exact) mass is 367 g/mol. The van der Waals surface area contributed by atoms with Crippen LogP contribution in [0.4, 0.5) is 5.95 Å². The highest BCUT2D eigenvalue weighted by atomic mass is 79.9. The van der Waals surface area contributed by atoms with Crippen LogP contribution >= 0.6 is 27.3 Å². The summed E-state index contributed by atoms with van der Waals surface area (Å²) in [4.78, 5) is 8.14. The maximum absolute atomic E-state index is 4.70. The molecule has 4 rings (SSSR count). The van der Waals surface area contributed by atoms with E-state index in [1.54, 1.807) is 11.3 Å². The summed E-state index contributed by atoms with van der Waals surface area (Å²) < 4.78 is 1.16. The Labute approximate surface area is 136 Å². The highest BCUT2D eigenvalue weighted by molar-refractivity contribution is 9.11. The lowest BCUT2D eigenvalue weighted by atomic mass is 9.94. The van der Waals surface area contributed by atoms with Gasteiger partial charge in [-0.3, -0.25) is 5.10 Å². The van der Waals surface area contributed by atoms with Gasteiger partial charge in [0.25, 0.3) is 0 Å². The lowest BCUT2D eigenvalue weighted by Gasteiger charge is -2.24. The van der Waals surface area contributed by atoms with Gasteiger partial charge in [0.2, 0.25) is 5.95 Å². The first-order valence-electron chi connectivity index (χ1n) is 7.38. The molecule has 5 nitrogen and oxygen atoms in total. The molecule has 112 valence electrons. The number of hydrogen-bond donors (Lipinski definition) is 2. The number of halogens is 1. The van der Waals surface area contributed by atoms with Crippen LogP contribution < -0.4 is 10.2 Å². The lowest BCUT2D eigenvalue weighted by molar-refractivity contribution is 0.340. The van der Waals surface area contributed by atoms with E-state index < -0.39 is 0 Å². The number of aryl methyl sites for hydroxylation is 1. The van der Waals surface area contributed by atoms with Crippen molar-refractivity contribution in [2.75, 3.05) is 24.5 Å².